The summed E-state index contributed by atoms with van der Waals surface area (Å²) in [6, 6.07) is 14.1. The molecule has 0 saturated carbocycles. The van der Waals surface area contributed by atoms with Crippen LogP contribution in [-0.4, -0.2) is 25.8 Å². The van der Waals surface area contributed by atoms with Gasteiger partial charge in [-0.15, -0.1) is 10.2 Å². The van der Waals surface area contributed by atoms with Crippen LogP contribution in [0.25, 0.3) is 15.2 Å². The lowest BCUT2D eigenvalue weighted by Crippen LogP contribution is -2.23. The van der Waals surface area contributed by atoms with Crippen LogP contribution in [0.2, 0.25) is 0 Å². The lowest BCUT2D eigenvalue weighted by molar-refractivity contribution is -0.115. The lowest BCUT2D eigenvalue weighted by Gasteiger charge is -2.13. The summed E-state index contributed by atoms with van der Waals surface area (Å²) in [5.41, 5.74) is 4.16. The Kier molecular flexibility index (Phi) is 4.42. The molecular formula is C19H18N4OS2. The van der Waals surface area contributed by atoms with Crippen molar-refractivity contribution in [3.63, 3.8) is 0 Å². The van der Waals surface area contributed by atoms with Crippen molar-refractivity contribution >= 4 is 49.9 Å². The molecule has 0 aliphatic carbocycles. The summed E-state index contributed by atoms with van der Waals surface area (Å²) >= 11 is 3.02. The molecule has 0 aliphatic rings. The van der Waals surface area contributed by atoms with Crippen molar-refractivity contribution in [1.82, 2.24) is 14.6 Å². The van der Waals surface area contributed by atoms with E-state index in [1.165, 1.54) is 17.3 Å². The van der Waals surface area contributed by atoms with Gasteiger partial charge in [0.25, 0.3) is 0 Å². The summed E-state index contributed by atoms with van der Waals surface area (Å²) in [4.78, 5) is 13.5. The molecule has 26 heavy (non-hydrogen) atoms. The number of aryl methyl sites for hydroxylation is 2. The molecule has 0 bridgehead atoms. The minimum Gasteiger partial charge on any atom is -0.325 e. The highest BCUT2D eigenvalue weighted by molar-refractivity contribution is 8.00. The highest BCUT2D eigenvalue weighted by Gasteiger charge is 2.20. The highest BCUT2D eigenvalue weighted by Crippen LogP contribution is 2.31. The first-order chi connectivity index (χ1) is 12.5. The SMILES string of the molecule is Cc1ccc(NC(=O)C(C)Sc2nnc3sc4ccccc4n23)c(C)c1. The molecule has 132 valence electrons. The van der Waals surface area contributed by atoms with Crippen molar-refractivity contribution in [2.75, 3.05) is 5.32 Å². The molecule has 1 amide bonds. The molecule has 4 aromatic rings. The van der Waals surface area contributed by atoms with Gasteiger partial charge in [0.1, 0.15) is 0 Å². The maximum absolute atomic E-state index is 12.6. The van der Waals surface area contributed by atoms with Crippen LogP contribution in [0.3, 0.4) is 0 Å². The van der Waals surface area contributed by atoms with Gasteiger partial charge in [0.05, 0.1) is 15.5 Å². The standard InChI is InChI=1S/C19H18N4OS2/c1-11-8-9-14(12(2)10-11)20-17(24)13(3)25-18-21-22-19-23(18)15-6-4-5-7-16(15)26-19/h4-10,13H,1-3H3,(H,20,24). The van der Waals surface area contributed by atoms with E-state index < -0.39 is 0 Å². The third-order valence-corrected chi connectivity index (χ3v) is 6.26. The predicted molar refractivity (Wildman–Crippen MR) is 108 cm³/mol. The Labute approximate surface area is 159 Å². The second kappa shape index (κ2) is 6.74. The van der Waals surface area contributed by atoms with Crippen molar-refractivity contribution < 1.29 is 4.79 Å². The van der Waals surface area contributed by atoms with Crippen LogP contribution in [0, 0.1) is 13.8 Å². The number of para-hydroxylation sites is 1. The zero-order valence-corrected chi connectivity index (χ0v) is 16.3. The number of carbonyl (C=O) groups is 1. The van der Waals surface area contributed by atoms with Crippen molar-refractivity contribution in [2.24, 2.45) is 0 Å². The van der Waals surface area contributed by atoms with Gasteiger partial charge < -0.3 is 5.32 Å². The van der Waals surface area contributed by atoms with Gasteiger partial charge in [-0.3, -0.25) is 9.20 Å². The molecule has 0 aliphatic heterocycles. The summed E-state index contributed by atoms with van der Waals surface area (Å²) < 4.78 is 3.18. The molecule has 2 heterocycles. The van der Waals surface area contributed by atoms with Crippen LogP contribution < -0.4 is 5.32 Å². The maximum atomic E-state index is 12.6. The molecule has 0 spiro atoms. The zero-order valence-electron chi connectivity index (χ0n) is 14.7. The number of hydrogen-bond acceptors (Lipinski definition) is 5. The summed E-state index contributed by atoms with van der Waals surface area (Å²) in [5.74, 6) is -0.0433. The van der Waals surface area contributed by atoms with Gasteiger partial charge in [0, 0.05) is 5.69 Å². The lowest BCUT2D eigenvalue weighted by atomic mass is 10.1. The maximum Gasteiger partial charge on any atom is 0.237 e. The van der Waals surface area contributed by atoms with Crippen LogP contribution in [0.15, 0.2) is 47.6 Å². The number of fused-ring (bicyclic) bond motifs is 3. The average Bonchev–Trinajstić information content (AvgIpc) is 3.17. The number of hydrogen-bond donors (Lipinski definition) is 1. The van der Waals surface area contributed by atoms with Gasteiger partial charge in [0.2, 0.25) is 10.9 Å². The minimum absolute atomic E-state index is 0.0433. The van der Waals surface area contributed by atoms with Crippen LogP contribution in [0.1, 0.15) is 18.1 Å². The Balaban J connectivity index is 1.57. The number of carbonyl (C=O) groups excluding carboxylic acids is 1. The molecule has 2 aromatic heterocycles. The Hall–Kier alpha value is -2.38. The normalized spacial score (nSPS) is 12.6. The number of rotatable bonds is 4. The van der Waals surface area contributed by atoms with Gasteiger partial charge in [-0.05, 0) is 44.5 Å². The minimum atomic E-state index is -0.290. The molecule has 1 unspecified atom stereocenters. The van der Waals surface area contributed by atoms with Crippen molar-refractivity contribution in [2.45, 2.75) is 31.2 Å². The number of thioether (sulfide) groups is 1. The number of benzene rings is 2. The topological polar surface area (TPSA) is 59.3 Å². The van der Waals surface area contributed by atoms with Crippen molar-refractivity contribution in [3.05, 3.63) is 53.6 Å². The van der Waals surface area contributed by atoms with Gasteiger partial charge in [0.15, 0.2) is 5.16 Å². The molecule has 4 rings (SSSR count). The second-order valence-electron chi connectivity index (χ2n) is 6.24. The summed E-state index contributed by atoms with van der Waals surface area (Å²) in [6.45, 7) is 5.93. The van der Waals surface area contributed by atoms with E-state index >= 15 is 0 Å². The quantitative estimate of drug-likeness (QED) is 0.521. The predicted octanol–water partition coefficient (Wildman–Crippen LogP) is 4.68. The smallest absolute Gasteiger partial charge is 0.237 e. The number of nitrogens with zero attached hydrogens (tertiary/aromatic N) is 3. The van der Waals surface area contributed by atoms with E-state index in [1.807, 2.05) is 55.5 Å². The molecule has 7 heteroatoms. The van der Waals surface area contributed by atoms with E-state index in [9.17, 15) is 4.79 Å². The fourth-order valence-electron chi connectivity index (χ4n) is 2.83. The molecule has 0 fully saturated rings. The van der Waals surface area contributed by atoms with E-state index in [0.717, 1.165) is 31.6 Å². The van der Waals surface area contributed by atoms with Crippen LogP contribution in [0.4, 0.5) is 5.69 Å². The molecular weight excluding hydrogens is 364 g/mol. The number of amides is 1. The molecule has 0 saturated heterocycles. The summed E-state index contributed by atoms with van der Waals surface area (Å²) in [6.07, 6.45) is 0. The van der Waals surface area contributed by atoms with E-state index in [4.69, 9.17) is 0 Å². The fraction of sp³-hybridized carbons (Fsp3) is 0.211. The van der Waals surface area contributed by atoms with Gasteiger partial charge in [-0.25, -0.2) is 0 Å². The zero-order chi connectivity index (χ0) is 18.3. The fourth-order valence-corrected chi connectivity index (χ4v) is 4.71. The van der Waals surface area contributed by atoms with E-state index in [0.29, 0.717) is 0 Å². The molecule has 5 nitrogen and oxygen atoms in total. The molecule has 1 atom stereocenters. The summed E-state index contributed by atoms with van der Waals surface area (Å²) in [5, 5.41) is 12.0. The Morgan fingerprint density at radius 1 is 1.19 bits per heavy atom. The van der Waals surface area contributed by atoms with E-state index in [2.05, 4.69) is 27.6 Å². The summed E-state index contributed by atoms with van der Waals surface area (Å²) in [7, 11) is 0. The third kappa shape index (κ3) is 3.08. The molecule has 0 radical (unpaired) electrons. The largest absolute Gasteiger partial charge is 0.325 e. The van der Waals surface area contributed by atoms with E-state index in [1.54, 1.807) is 11.3 Å². The third-order valence-electron chi connectivity index (χ3n) is 4.20. The Morgan fingerprint density at radius 3 is 2.81 bits per heavy atom. The van der Waals surface area contributed by atoms with Gasteiger partial charge in [-0.1, -0.05) is 52.9 Å². The second-order valence-corrected chi connectivity index (χ2v) is 8.56. The Bertz CT molecular complexity index is 1120. The molecule has 2 aromatic carbocycles. The van der Waals surface area contributed by atoms with Crippen molar-refractivity contribution in [3.8, 4) is 0 Å². The number of nitrogens with one attached hydrogen (secondary N) is 1. The Morgan fingerprint density at radius 2 is 2.00 bits per heavy atom. The number of thiazole rings is 1. The van der Waals surface area contributed by atoms with Gasteiger partial charge in [-0.2, -0.15) is 0 Å². The van der Waals surface area contributed by atoms with Gasteiger partial charge >= 0.3 is 0 Å². The van der Waals surface area contributed by atoms with Crippen molar-refractivity contribution in [1.29, 1.82) is 0 Å². The first-order valence-electron chi connectivity index (χ1n) is 8.30. The first-order valence-corrected chi connectivity index (χ1v) is 10.00. The van der Waals surface area contributed by atoms with Crippen LogP contribution >= 0.6 is 23.1 Å². The highest BCUT2D eigenvalue weighted by atomic mass is 32.2. The van der Waals surface area contributed by atoms with Crippen LogP contribution in [-0.2, 0) is 4.79 Å². The number of anilines is 1. The van der Waals surface area contributed by atoms with Crippen LogP contribution in [0.5, 0.6) is 0 Å². The number of aromatic nitrogens is 3. The first kappa shape index (κ1) is 17.1. The molecule has 1 N–H and O–H groups in total. The van der Waals surface area contributed by atoms with E-state index in [-0.39, 0.29) is 11.2 Å². The monoisotopic (exact) mass is 382 g/mol. The average molecular weight is 383 g/mol.